The van der Waals surface area contributed by atoms with E-state index in [-0.39, 0.29) is 12.1 Å². The minimum atomic E-state index is 0.0226. The Balaban J connectivity index is 1.34. The van der Waals surface area contributed by atoms with Gasteiger partial charge in [-0.3, -0.25) is 0 Å². The van der Waals surface area contributed by atoms with Crippen LogP contribution in [0.15, 0.2) is 42.6 Å². The quantitative estimate of drug-likeness (QED) is 0.810. The lowest BCUT2D eigenvalue weighted by Gasteiger charge is -2.32. The number of hydrogen-bond acceptors (Lipinski definition) is 4. The Kier molecular flexibility index (Phi) is 6.41. The van der Waals surface area contributed by atoms with E-state index < -0.39 is 0 Å². The molecule has 1 aromatic carbocycles. The molecule has 0 unspecified atom stereocenters. The molecule has 0 bridgehead atoms. The minimum Gasteiger partial charge on any atom is -0.474 e. The first-order chi connectivity index (χ1) is 12.7. The van der Waals surface area contributed by atoms with Gasteiger partial charge in [0.15, 0.2) is 0 Å². The number of amides is 2. The van der Waals surface area contributed by atoms with Gasteiger partial charge in [0.2, 0.25) is 5.88 Å². The van der Waals surface area contributed by atoms with Crippen molar-refractivity contribution in [2.75, 3.05) is 19.6 Å². The number of hydrogen-bond donors (Lipinski definition) is 1. The first-order valence-corrected chi connectivity index (χ1v) is 9.24. The van der Waals surface area contributed by atoms with Crippen LogP contribution in [0.4, 0.5) is 4.79 Å². The third-order valence-corrected chi connectivity index (χ3v) is 4.53. The van der Waals surface area contributed by atoms with Crippen molar-refractivity contribution in [2.45, 2.75) is 38.7 Å². The van der Waals surface area contributed by atoms with Crippen LogP contribution < -0.4 is 10.1 Å². The van der Waals surface area contributed by atoms with Crippen molar-refractivity contribution in [3.05, 3.63) is 54.0 Å². The zero-order chi connectivity index (χ0) is 18.2. The van der Waals surface area contributed by atoms with E-state index in [4.69, 9.17) is 4.74 Å². The van der Waals surface area contributed by atoms with Crippen molar-refractivity contribution in [2.24, 2.45) is 0 Å². The van der Waals surface area contributed by atoms with Gasteiger partial charge in [0.1, 0.15) is 11.9 Å². The first-order valence-electron chi connectivity index (χ1n) is 9.24. The van der Waals surface area contributed by atoms with E-state index in [1.165, 1.54) is 5.56 Å². The molecule has 2 amide bonds. The summed E-state index contributed by atoms with van der Waals surface area (Å²) in [5.41, 5.74) is 1.31. The van der Waals surface area contributed by atoms with Crippen LogP contribution in [0.5, 0.6) is 5.88 Å². The summed E-state index contributed by atoms with van der Waals surface area (Å²) in [5, 5.41) is 3.02. The molecule has 3 rings (SSSR count). The number of ether oxygens (including phenoxy) is 1. The number of aromatic nitrogens is 2. The second-order valence-corrected chi connectivity index (χ2v) is 6.57. The summed E-state index contributed by atoms with van der Waals surface area (Å²) in [6.45, 7) is 3.96. The van der Waals surface area contributed by atoms with Crippen molar-refractivity contribution >= 4 is 6.03 Å². The van der Waals surface area contributed by atoms with Gasteiger partial charge in [0.25, 0.3) is 0 Å². The Morgan fingerprint density at radius 3 is 2.73 bits per heavy atom. The molecular formula is C20H26N4O2. The van der Waals surface area contributed by atoms with Crippen molar-refractivity contribution in [3.63, 3.8) is 0 Å². The lowest BCUT2D eigenvalue weighted by Crippen LogP contribution is -2.46. The second-order valence-electron chi connectivity index (χ2n) is 6.57. The van der Waals surface area contributed by atoms with Crippen LogP contribution in [0.1, 0.15) is 30.7 Å². The number of benzene rings is 1. The van der Waals surface area contributed by atoms with Gasteiger partial charge in [-0.05, 0) is 25.3 Å². The van der Waals surface area contributed by atoms with Crippen LogP contribution in [0.3, 0.4) is 0 Å². The number of nitrogens with one attached hydrogen (secondary N) is 1. The van der Waals surface area contributed by atoms with Gasteiger partial charge in [0.05, 0.1) is 0 Å². The summed E-state index contributed by atoms with van der Waals surface area (Å²) < 4.78 is 5.90. The lowest BCUT2D eigenvalue weighted by atomic mass is 10.1. The predicted molar refractivity (Wildman–Crippen MR) is 100 cm³/mol. The molecule has 2 aromatic rings. The molecule has 1 fully saturated rings. The maximum atomic E-state index is 12.3. The number of carbonyl (C=O) groups excluding carboxylic acids is 1. The Hall–Kier alpha value is -2.63. The smallest absolute Gasteiger partial charge is 0.317 e. The topological polar surface area (TPSA) is 67.3 Å². The Labute approximate surface area is 154 Å². The summed E-state index contributed by atoms with van der Waals surface area (Å²) in [7, 11) is 0. The van der Waals surface area contributed by atoms with E-state index in [9.17, 15) is 4.79 Å². The highest BCUT2D eigenvalue weighted by atomic mass is 16.5. The average molecular weight is 354 g/mol. The average Bonchev–Trinajstić information content (AvgIpc) is 2.66. The summed E-state index contributed by atoms with van der Waals surface area (Å²) >= 11 is 0. The molecular weight excluding hydrogens is 328 g/mol. The van der Waals surface area contributed by atoms with E-state index in [0.717, 1.165) is 25.7 Å². The van der Waals surface area contributed by atoms with Gasteiger partial charge in [-0.2, -0.15) is 4.98 Å². The predicted octanol–water partition coefficient (Wildman–Crippen LogP) is 2.97. The lowest BCUT2D eigenvalue weighted by molar-refractivity contribution is 0.107. The van der Waals surface area contributed by atoms with Crippen molar-refractivity contribution in [1.82, 2.24) is 20.2 Å². The standard InChI is InChI=1S/C20H26N4O2/c1-16-21-13-9-19(23-16)26-18-10-14-24(15-11-18)20(25)22-12-5-8-17-6-3-2-4-7-17/h2-4,6-7,9,13,18H,5,8,10-12,14-15H2,1H3,(H,22,25). The van der Waals surface area contributed by atoms with E-state index in [0.29, 0.717) is 31.3 Å². The highest BCUT2D eigenvalue weighted by Crippen LogP contribution is 2.17. The van der Waals surface area contributed by atoms with Gasteiger partial charge in [-0.1, -0.05) is 30.3 Å². The molecule has 1 N–H and O–H groups in total. The van der Waals surface area contributed by atoms with Crippen LogP contribution >= 0.6 is 0 Å². The number of piperidine rings is 1. The van der Waals surface area contributed by atoms with Crippen molar-refractivity contribution in [3.8, 4) is 5.88 Å². The highest BCUT2D eigenvalue weighted by molar-refractivity contribution is 5.74. The minimum absolute atomic E-state index is 0.0226. The number of carbonyl (C=O) groups is 1. The fourth-order valence-electron chi connectivity index (χ4n) is 3.09. The Morgan fingerprint density at radius 2 is 2.00 bits per heavy atom. The van der Waals surface area contributed by atoms with Gasteiger partial charge in [0, 0.05) is 44.7 Å². The molecule has 2 heterocycles. The summed E-state index contributed by atoms with van der Waals surface area (Å²) in [6, 6.07) is 12.1. The van der Waals surface area contributed by atoms with Crippen LogP contribution in [0.25, 0.3) is 0 Å². The SMILES string of the molecule is Cc1nccc(OC2CCN(C(=O)NCCCc3ccccc3)CC2)n1. The van der Waals surface area contributed by atoms with Gasteiger partial charge >= 0.3 is 6.03 Å². The number of aryl methyl sites for hydroxylation is 2. The monoisotopic (exact) mass is 354 g/mol. The zero-order valence-corrected chi connectivity index (χ0v) is 15.2. The van der Waals surface area contributed by atoms with E-state index in [2.05, 4.69) is 27.4 Å². The maximum absolute atomic E-state index is 12.3. The van der Waals surface area contributed by atoms with E-state index >= 15 is 0 Å². The number of urea groups is 1. The molecule has 0 spiro atoms. The maximum Gasteiger partial charge on any atom is 0.317 e. The molecule has 0 atom stereocenters. The molecule has 1 aliphatic rings. The number of nitrogens with zero attached hydrogens (tertiary/aromatic N) is 3. The Morgan fingerprint density at radius 1 is 1.23 bits per heavy atom. The fourth-order valence-corrected chi connectivity index (χ4v) is 3.09. The first kappa shape index (κ1) is 18.2. The molecule has 26 heavy (non-hydrogen) atoms. The molecule has 1 aliphatic heterocycles. The van der Waals surface area contributed by atoms with Crippen LogP contribution in [-0.4, -0.2) is 46.6 Å². The van der Waals surface area contributed by atoms with Gasteiger partial charge in [-0.15, -0.1) is 0 Å². The van der Waals surface area contributed by atoms with Gasteiger partial charge < -0.3 is 15.0 Å². The van der Waals surface area contributed by atoms with Crippen molar-refractivity contribution in [1.29, 1.82) is 0 Å². The van der Waals surface area contributed by atoms with E-state index in [1.807, 2.05) is 30.0 Å². The normalized spacial score (nSPS) is 14.9. The van der Waals surface area contributed by atoms with E-state index in [1.54, 1.807) is 12.3 Å². The summed E-state index contributed by atoms with van der Waals surface area (Å²) in [4.78, 5) is 22.5. The molecule has 1 saturated heterocycles. The van der Waals surface area contributed by atoms with Gasteiger partial charge in [-0.25, -0.2) is 9.78 Å². The molecule has 0 saturated carbocycles. The molecule has 0 aliphatic carbocycles. The molecule has 0 radical (unpaired) electrons. The zero-order valence-electron chi connectivity index (χ0n) is 15.2. The Bertz CT molecular complexity index is 700. The highest BCUT2D eigenvalue weighted by Gasteiger charge is 2.24. The molecule has 6 heteroatoms. The third kappa shape index (κ3) is 5.44. The van der Waals surface area contributed by atoms with Crippen LogP contribution in [0, 0.1) is 6.92 Å². The van der Waals surface area contributed by atoms with Crippen LogP contribution in [0.2, 0.25) is 0 Å². The second kappa shape index (κ2) is 9.17. The fraction of sp³-hybridized carbons (Fsp3) is 0.450. The third-order valence-electron chi connectivity index (χ3n) is 4.53. The largest absolute Gasteiger partial charge is 0.474 e. The number of rotatable bonds is 6. The summed E-state index contributed by atoms with van der Waals surface area (Å²) in [6.07, 6.45) is 5.38. The van der Waals surface area contributed by atoms with Crippen LogP contribution in [-0.2, 0) is 6.42 Å². The molecule has 138 valence electrons. The summed E-state index contributed by atoms with van der Waals surface area (Å²) in [5.74, 6) is 1.32. The number of likely N-dealkylation sites (tertiary alicyclic amines) is 1. The molecule has 1 aromatic heterocycles. The molecule has 6 nitrogen and oxygen atoms in total. The van der Waals surface area contributed by atoms with Crippen molar-refractivity contribution < 1.29 is 9.53 Å².